The number of halogens is 1. The minimum atomic E-state index is -0.292. The predicted octanol–water partition coefficient (Wildman–Crippen LogP) is 2.54. The molecule has 0 aliphatic carbocycles. The van der Waals surface area contributed by atoms with Crippen LogP contribution in [0.25, 0.3) is 0 Å². The van der Waals surface area contributed by atoms with Gasteiger partial charge in [0.25, 0.3) is 0 Å². The van der Waals surface area contributed by atoms with E-state index in [0.29, 0.717) is 30.1 Å². The van der Waals surface area contributed by atoms with Gasteiger partial charge in [0.1, 0.15) is 11.6 Å². The van der Waals surface area contributed by atoms with Crippen molar-refractivity contribution in [2.75, 3.05) is 18.4 Å². The summed E-state index contributed by atoms with van der Waals surface area (Å²) in [5, 5.41) is 6.27. The highest BCUT2D eigenvalue weighted by molar-refractivity contribution is 5.90. The van der Waals surface area contributed by atoms with E-state index in [9.17, 15) is 14.0 Å². The number of hydrogen-bond acceptors (Lipinski definition) is 4. The van der Waals surface area contributed by atoms with E-state index >= 15 is 0 Å². The van der Waals surface area contributed by atoms with Crippen LogP contribution in [0.15, 0.2) is 34.9 Å². The molecular formula is C17H20FN3O3. The number of anilines is 1. The van der Waals surface area contributed by atoms with E-state index in [1.54, 1.807) is 31.2 Å². The molecule has 1 N–H and O–H groups in total. The number of carbonyl (C=O) groups is 2. The van der Waals surface area contributed by atoms with Crippen LogP contribution in [-0.2, 0) is 16.0 Å². The third-order valence-corrected chi connectivity index (χ3v) is 3.56. The Kier molecular flexibility index (Phi) is 6.06. The Labute approximate surface area is 139 Å². The Balaban J connectivity index is 1.83. The molecule has 1 aromatic heterocycles. The van der Waals surface area contributed by atoms with Crippen LogP contribution in [-0.4, -0.2) is 35.0 Å². The van der Waals surface area contributed by atoms with Gasteiger partial charge in [-0.2, -0.15) is 0 Å². The van der Waals surface area contributed by atoms with Gasteiger partial charge in [0.2, 0.25) is 11.8 Å². The monoisotopic (exact) mass is 333 g/mol. The van der Waals surface area contributed by atoms with Crippen molar-refractivity contribution in [1.82, 2.24) is 10.1 Å². The number of aromatic nitrogens is 1. The zero-order valence-corrected chi connectivity index (χ0v) is 13.7. The molecule has 0 unspecified atom stereocenters. The summed E-state index contributed by atoms with van der Waals surface area (Å²) in [6.45, 7) is 3.77. The Bertz CT molecular complexity index is 715. The third-order valence-electron chi connectivity index (χ3n) is 3.56. The SMILES string of the molecule is CC(=O)N(CCC(=O)Nc1cc(C)on1)CCc1ccccc1F. The van der Waals surface area contributed by atoms with Crippen LogP contribution < -0.4 is 5.32 Å². The molecule has 24 heavy (non-hydrogen) atoms. The number of rotatable bonds is 7. The van der Waals surface area contributed by atoms with Gasteiger partial charge in [-0.25, -0.2) is 4.39 Å². The van der Waals surface area contributed by atoms with Crippen LogP contribution in [0.1, 0.15) is 24.7 Å². The summed E-state index contributed by atoms with van der Waals surface area (Å²) in [6.07, 6.45) is 0.527. The largest absolute Gasteiger partial charge is 0.360 e. The van der Waals surface area contributed by atoms with Crippen molar-refractivity contribution in [1.29, 1.82) is 0 Å². The van der Waals surface area contributed by atoms with Crippen LogP contribution in [0.2, 0.25) is 0 Å². The first-order valence-electron chi connectivity index (χ1n) is 7.68. The Morgan fingerprint density at radius 1 is 1.29 bits per heavy atom. The number of benzene rings is 1. The fourth-order valence-corrected chi connectivity index (χ4v) is 2.25. The summed E-state index contributed by atoms with van der Waals surface area (Å²) in [7, 11) is 0. The molecule has 0 saturated carbocycles. The molecule has 0 bridgehead atoms. The summed E-state index contributed by atoms with van der Waals surface area (Å²) >= 11 is 0. The normalized spacial score (nSPS) is 10.5. The molecular weight excluding hydrogens is 313 g/mol. The smallest absolute Gasteiger partial charge is 0.227 e. The van der Waals surface area contributed by atoms with Gasteiger partial charge in [0, 0.05) is 32.5 Å². The lowest BCUT2D eigenvalue weighted by Crippen LogP contribution is -2.33. The zero-order chi connectivity index (χ0) is 17.5. The minimum absolute atomic E-state index is 0.128. The summed E-state index contributed by atoms with van der Waals surface area (Å²) in [4.78, 5) is 25.1. The van der Waals surface area contributed by atoms with Crippen molar-refractivity contribution < 1.29 is 18.5 Å². The first-order valence-corrected chi connectivity index (χ1v) is 7.68. The lowest BCUT2D eigenvalue weighted by molar-refractivity contribution is -0.129. The second-order valence-corrected chi connectivity index (χ2v) is 5.47. The molecule has 2 rings (SSSR count). The highest BCUT2D eigenvalue weighted by Crippen LogP contribution is 2.09. The molecule has 7 heteroatoms. The van der Waals surface area contributed by atoms with Crippen molar-refractivity contribution in [3.63, 3.8) is 0 Å². The Morgan fingerprint density at radius 3 is 2.67 bits per heavy atom. The quantitative estimate of drug-likeness (QED) is 0.845. The number of nitrogens with one attached hydrogen (secondary N) is 1. The number of carbonyl (C=O) groups excluding carboxylic acids is 2. The number of amides is 2. The average Bonchev–Trinajstić information content (AvgIpc) is 2.93. The van der Waals surface area contributed by atoms with Gasteiger partial charge in [-0.1, -0.05) is 23.4 Å². The fraction of sp³-hybridized carbons (Fsp3) is 0.353. The highest BCUT2D eigenvalue weighted by atomic mass is 19.1. The van der Waals surface area contributed by atoms with Crippen LogP contribution in [0.3, 0.4) is 0 Å². The van der Waals surface area contributed by atoms with Gasteiger partial charge in [-0.05, 0) is 25.0 Å². The van der Waals surface area contributed by atoms with E-state index in [0.717, 1.165) is 0 Å². The average molecular weight is 333 g/mol. The number of nitrogens with zero attached hydrogens (tertiary/aromatic N) is 2. The topological polar surface area (TPSA) is 75.4 Å². The van der Waals surface area contributed by atoms with Crippen molar-refractivity contribution in [3.05, 3.63) is 47.5 Å². The first kappa shape index (κ1) is 17.7. The Hall–Kier alpha value is -2.70. The maximum absolute atomic E-state index is 13.6. The summed E-state index contributed by atoms with van der Waals surface area (Å²) in [5.74, 6) is 0.232. The first-order chi connectivity index (χ1) is 11.5. The van der Waals surface area contributed by atoms with Crippen LogP contribution in [0, 0.1) is 12.7 Å². The van der Waals surface area contributed by atoms with E-state index in [4.69, 9.17) is 4.52 Å². The fourth-order valence-electron chi connectivity index (χ4n) is 2.25. The lowest BCUT2D eigenvalue weighted by Gasteiger charge is -2.20. The molecule has 128 valence electrons. The predicted molar refractivity (Wildman–Crippen MR) is 86.8 cm³/mol. The molecule has 0 aliphatic heterocycles. The maximum Gasteiger partial charge on any atom is 0.227 e. The van der Waals surface area contributed by atoms with E-state index in [-0.39, 0.29) is 30.6 Å². The second-order valence-electron chi connectivity index (χ2n) is 5.47. The van der Waals surface area contributed by atoms with Crippen LogP contribution in [0.4, 0.5) is 10.2 Å². The summed E-state index contributed by atoms with van der Waals surface area (Å²) in [6, 6.07) is 8.06. The molecule has 1 aromatic carbocycles. The van der Waals surface area contributed by atoms with Gasteiger partial charge in [0.05, 0.1) is 0 Å². The van der Waals surface area contributed by atoms with E-state index in [2.05, 4.69) is 10.5 Å². The molecule has 0 aliphatic rings. The summed E-state index contributed by atoms with van der Waals surface area (Å²) < 4.78 is 18.5. The number of aryl methyl sites for hydroxylation is 1. The number of hydrogen-bond donors (Lipinski definition) is 1. The Morgan fingerprint density at radius 2 is 2.04 bits per heavy atom. The lowest BCUT2D eigenvalue weighted by atomic mass is 10.1. The van der Waals surface area contributed by atoms with Gasteiger partial charge < -0.3 is 14.7 Å². The molecule has 1 heterocycles. The van der Waals surface area contributed by atoms with Gasteiger partial charge in [-0.3, -0.25) is 9.59 Å². The third kappa shape index (κ3) is 5.19. The van der Waals surface area contributed by atoms with Crippen molar-refractivity contribution >= 4 is 17.6 Å². The van der Waals surface area contributed by atoms with Crippen LogP contribution >= 0.6 is 0 Å². The molecule has 0 atom stereocenters. The van der Waals surface area contributed by atoms with Gasteiger partial charge in [0.15, 0.2) is 5.82 Å². The van der Waals surface area contributed by atoms with Gasteiger partial charge >= 0.3 is 0 Å². The zero-order valence-electron chi connectivity index (χ0n) is 13.7. The molecule has 0 saturated heterocycles. The minimum Gasteiger partial charge on any atom is -0.360 e. The maximum atomic E-state index is 13.6. The van der Waals surface area contributed by atoms with Gasteiger partial charge in [-0.15, -0.1) is 0 Å². The molecule has 0 spiro atoms. The van der Waals surface area contributed by atoms with Crippen molar-refractivity contribution in [2.45, 2.75) is 26.7 Å². The second kappa shape index (κ2) is 8.24. The highest BCUT2D eigenvalue weighted by Gasteiger charge is 2.13. The van der Waals surface area contributed by atoms with E-state index in [1.165, 1.54) is 17.9 Å². The molecule has 6 nitrogen and oxygen atoms in total. The van der Waals surface area contributed by atoms with E-state index < -0.39 is 0 Å². The van der Waals surface area contributed by atoms with Crippen molar-refractivity contribution in [3.8, 4) is 0 Å². The van der Waals surface area contributed by atoms with Crippen LogP contribution in [0.5, 0.6) is 0 Å². The molecule has 2 aromatic rings. The summed E-state index contributed by atoms with van der Waals surface area (Å²) in [5.41, 5.74) is 0.547. The van der Waals surface area contributed by atoms with Crippen molar-refractivity contribution in [2.24, 2.45) is 0 Å². The van der Waals surface area contributed by atoms with E-state index in [1.807, 2.05) is 0 Å². The standard InChI is InChI=1S/C17H20FN3O3/c1-12-11-16(20-24-12)19-17(23)8-10-21(13(2)22)9-7-14-5-3-4-6-15(14)18/h3-6,11H,7-10H2,1-2H3,(H,19,20,23). The molecule has 2 amide bonds. The molecule has 0 fully saturated rings. The molecule has 0 radical (unpaired) electrons.